The SMILES string of the molecule is C[C@H](OC(=O)c1ccccc1O)C(=O)Nc1ccc(C(N)=O)cc1. The van der Waals surface area contributed by atoms with Gasteiger partial charge in [-0.3, -0.25) is 9.59 Å². The Balaban J connectivity index is 1.98. The zero-order valence-corrected chi connectivity index (χ0v) is 12.9. The molecule has 0 spiro atoms. The van der Waals surface area contributed by atoms with E-state index in [0.29, 0.717) is 11.3 Å². The second-order valence-electron chi connectivity index (χ2n) is 5.00. The van der Waals surface area contributed by atoms with Gasteiger partial charge in [0, 0.05) is 11.3 Å². The molecule has 0 unspecified atom stereocenters. The highest BCUT2D eigenvalue weighted by molar-refractivity contribution is 5.99. The van der Waals surface area contributed by atoms with Crippen molar-refractivity contribution < 1.29 is 24.2 Å². The molecular formula is C17H16N2O5. The van der Waals surface area contributed by atoms with Crippen molar-refractivity contribution in [3.63, 3.8) is 0 Å². The number of hydrogen-bond acceptors (Lipinski definition) is 5. The molecule has 2 aromatic rings. The van der Waals surface area contributed by atoms with Crippen LogP contribution in [-0.2, 0) is 9.53 Å². The van der Waals surface area contributed by atoms with Crippen molar-refractivity contribution in [1.82, 2.24) is 0 Å². The number of nitrogens with one attached hydrogen (secondary N) is 1. The maximum absolute atomic E-state index is 12.0. The standard InChI is InChI=1S/C17H16N2O5/c1-10(24-17(23)13-4-2-3-5-14(13)20)16(22)19-12-8-6-11(7-9-12)15(18)21/h2-10,20H,1H3,(H2,18,21)(H,19,22)/t10-/m0/s1. The summed E-state index contributed by atoms with van der Waals surface area (Å²) in [6, 6.07) is 11.8. The first-order valence-corrected chi connectivity index (χ1v) is 7.08. The molecule has 0 radical (unpaired) electrons. The van der Waals surface area contributed by atoms with Gasteiger partial charge in [-0.2, -0.15) is 0 Å². The van der Waals surface area contributed by atoms with E-state index in [1.54, 1.807) is 12.1 Å². The number of anilines is 1. The fraction of sp³-hybridized carbons (Fsp3) is 0.118. The number of carbonyl (C=O) groups is 3. The highest BCUT2D eigenvalue weighted by atomic mass is 16.5. The van der Waals surface area contributed by atoms with Gasteiger partial charge in [0.2, 0.25) is 5.91 Å². The van der Waals surface area contributed by atoms with Crippen molar-refractivity contribution in [3.8, 4) is 5.75 Å². The zero-order valence-electron chi connectivity index (χ0n) is 12.9. The first-order valence-electron chi connectivity index (χ1n) is 7.08. The normalized spacial score (nSPS) is 11.4. The summed E-state index contributed by atoms with van der Waals surface area (Å²) >= 11 is 0. The van der Waals surface area contributed by atoms with Gasteiger partial charge in [0.25, 0.3) is 5.91 Å². The molecule has 2 amide bonds. The molecule has 0 bridgehead atoms. The smallest absolute Gasteiger partial charge is 0.342 e. The van der Waals surface area contributed by atoms with Crippen molar-refractivity contribution in [2.75, 3.05) is 5.32 Å². The summed E-state index contributed by atoms with van der Waals surface area (Å²) in [4.78, 5) is 35.0. The molecule has 1 atom stereocenters. The molecule has 0 aromatic heterocycles. The van der Waals surface area contributed by atoms with Gasteiger partial charge in [0.15, 0.2) is 6.10 Å². The number of hydrogen-bond donors (Lipinski definition) is 3. The first-order chi connectivity index (χ1) is 11.4. The lowest BCUT2D eigenvalue weighted by Crippen LogP contribution is -2.30. The van der Waals surface area contributed by atoms with Crippen LogP contribution in [0, 0.1) is 0 Å². The number of phenols is 1. The maximum atomic E-state index is 12.0. The van der Waals surface area contributed by atoms with E-state index in [1.807, 2.05) is 0 Å². The predicted octanol–water partition coefficient (Wildman–Crippen LogP) is 1.68. The van der Waals surface area contributed by atoms with Crippen LogP contribution in [0.5, 0.6) is 5.75 Å². The van der Waals surface area contributed by atoms with E-state index in [-0.39, 0.29) is 11.3 Å². The molecule has 0 saturated heterocycles. The van der Waals surface area contributed by atoms with Gasteiger partial charge in [0.1, 0.15) is 11.3 Å². The van der Waals surface area contributed by atoms with Gasteiger partial charge in [-0.1, -0.05) is 12.1 Å². The largest absolute Gasteiger partial charge is 0.507 e. The molecular weight excluding hydrogens is 312 g/mol. The van der Waals surface area contributed by atoms with Crippen LogP contribution in [0.25, 0.3) is 0 Å². The van der Waals surface area contributed by atoms with E-state index in [4.69, 9.17) is 10.5 Å². The highest BCUT2D eigenvalue weighted by Crippen LogP contribution is 2.17. The third-order valence-electron chi connectivity index (χ3n) is 3.21. The molecule has 0 aliphatic rings. The van der Waals surface area contributed by atoms with E-state index in [0.717, 1.165) is 0 Å². The molecule has 7 heteroatoms. The molecule has 7 nitrogen and oxygen atoms in total. The maximum Gasteiger partial charge on any atom is 0.342 e. The van der Waals surface area contributed by atoms with Crippen molar-refractivity contribution in [1.29, 1.82) is 0 Å². The van der Waals surface area contributed by atoms with Gasteiger partial charge in [0.05, 0.1) is 0 Å². The predicted molar refractivity (Wildman–Crippen MR) is 86.6 cm³/mol. The monoisotopic (exact) mass is 328 g/mol. The second-order valence-corrected chi connectivity index (χ2v) is 5.00. The fourth-order valence-electron chi connectivity index (χ4n) is 1.89. The quantitative estimate of drug-likeness (QED) is 0.721. The number of esters is 1. The van der Waals surface area contributed by atoms with Crippen molar-refractivity contribution in [2.24, 2.45) is 5.73 Å². The van der Waals surface area contributed by atoms with Crippen molar-refractivity contribution in [3.05, 3.63) is 59.7 Å². The van der Waals surface area contributed by atoms with Crippen LogP contribution in [0.2, 0.25) is 0 Å². The Bertz CT molecular complexity index is 771. The number of aromatic hydroxyl groups is 1. The first kappa shape index (κ1) is 17.0. The molecule has 24 heavy (non-hydrogen) atoms. The molecule has 0 heterocycles. The number of amides is 2. The zero-order chi connectivity index (χ0) is 17.7. The van der Waals surface area contributed by atoms with Crippen molar-refractivity contribution in [2.45, 2.75) is 13.0 Å². The molecule has 0 fully saturated rings. The van der Waals surface area contributed by atoms with E-state index in [9.17, 15) is 19.5 Å². The average molecular weight is 328 g/mol. The molecule has 0 aliphatic heterocycles. The summed E-state index contributed by atoms with van der Waals surface area (Å²) in [7, 11) is 0. The Morgan fingerprint density at radius 3 is 2.29 bits per heavy atom. The Labute approximate surface area is 138 Å². The molecule has 0 aliphatic carbocycles. The number of carbonyl (C=O) groups excluding carboxylic acids is 3. The number of phenolic OH excluding ortho intramolecular Hbond substituents is 1. The highest BCUT2D eigenvalue weighted by Gasteiger charge is 2.20. The summed E-state index contributed by atoms with van der Waals surface area (Å²) in [5, 5.41) is 12.1. The Morgan fingerprint density at radius 1 is 1.08 bits per heavy atom. The van der Waals surface area contributed by atoms with Gasteiger partial charge < -0.3 is 20.9 Å². The van der Waals surface area contributed by atoms with E-state index in [2.05, 4.69) is 5.32 Å². The van der Waals surface area contributed by atoms with Crippen LogP contribution in [-0.4, -0.2) is 29.0 Å². The average Bonchev–Trinajstić information content (AvgIpc) is 2.55. The van der Waals surface area contributed by atoms with Crippen molar-refractivity contribution >= 4 is 23.5 Å². The lowest BCUT2D eigenvalue weighted by molar-refractivity contribution is -0.123. The van der Waals surface area contributed by atoms with Gasteiger partial charge >= 0.3 is 5.97 Å². The summed E-state index contributed by atoms with van der Waals surface area (Å²) in [6.45, 7) is 1.41. The number of primary amides is 1. The minimum atomic E-state index is -1.08. The lowest BCUT2D eigenvalue weighted by atomic mass is 10.2. The topological polar surface area (TPSA) is 119 Å². The van der Waals surface area contributed by atoms with Crippen LogP contribution in [0.3, 0.4) is 0 Å². The lowest BCUT2D eigenvalue weighted by Gasteiger charge is -2.14. The number of benzene rings is 2. The fourth-order valence-corrected chi connectivity index (χ4v) is 1.89. The third kappa shape index (κ3) is 4.10. The van der Waals surface area contributed by atoms with Crippen LogP contribution >= 0.6 is 0 Å². The van der Waals surface area contributed by atoms with E-state index < -0.39 is 23.9 Å². The molecule has 2 aromatic carbocycles. The summed E-state index contributed by atoms with van der Waals surface area (Å²) in [6.07, 6.45) is -1.08. The van der Waals surface area contributed by atoms with E-state index in [1.165, 1.54) is 43.3 Å². The van der Waals surface area contributed by atoms with Crippen LogP contribution < -0.4 is 11.1 Å². The molecule has 2 rings (SSSR count). The van der Waals surface area contributed by atoms with Gasteiger partial charge in [-0.25, -0.2) is 4.79 Å². The Morgan fingerprint density at radius 2 is 1.71 bits per heavy atom. The van der Waals surface area contributed by atoms with Crippen LogP contribution in [0.15, 0.2) is 48.5 Å². The molecule has 4 N–H and O–H groups in total. The second kappa shape index (κ2) is 7.28. The minimum Gasteiger partial charge on any atom is -0.507 e. The molecule has 124 valence electrons. The van der Waals surface area contributed by atoms with Crippen LogP contribution in [0.1, 0.15) is 27.6 Å². The number of ether oxygens (including phenoxy) is 1. The number of nitrogens with two attached hydrogens (primary N) is 1. The van der Waals surface area contributed by atoms with E-state index >= 15 is 0 Å². The number of rotatable bonds is 5. The summed E-state index contributed by atoms with van der Waals surface area (Å²) < 4.78 is 5.03. The van der Waals surface area contributed by atoms with Gasteiger partial charge in [-0.05, 0) is 43.3 Å². The Kier molecular flexibility index (Phi) is 5.16. The number of para-hydroxylation sites is 1. The summed E-state index contributed by atoms with van der Waals surface area (Å²) in [5.41, 5.74) is 5.84. The van der Waals surface area contributed by atoms with Gasteiger partial charge in [-0.15, -0.1) is 0 Å². The third-order valence-corrected chi connectivity index (χ3v) is 3.21. The molecule has 0 saturated carbocycles. The van der Waals surface area contributed by atoms with Crippen LogP contribution in [0.4, 0.5) is 5.69 Å². The minimum absolute atomic E-state index is 0.0250. The summed E-state index contributed by atoms with van der Waals surface area (Å²) in [5.74, 6) is -2.15. The Hall–Kier alpha value is -3.35.